The molecule has 2 amide bonds. The molecule has 5 heteroatoms. The summed E-state index contributed by atoms with van der Waals surface area (Å²) in [5.74, 6) is -0.959. The molecule has 1 heterocycles. The molecule has 2 atom stereocenters. The Hall–Kier alpha value is -1.10. The first kappa shape index (κ1) is 8.00. The van der Waals surface area contributed by atoms with E-state index in [9.17, 15) is 14.7 Å². The molecule has 0 aromatic carbocycles. The Balaban J connectivity index is 2.79. The largest absolute Gasteiger partial charge is 0.363 e. The molecule has 11 heavy (non-hydrogen) atoms. The van der Waals surface area contributed by atoms with Crippen molar-refractivity contribution in [1.82, 2.24) is 10.6 Å². The van der Waals surface area contributed by atoms with E-state index >= 15 is 0 Å². The van der Waals surface area contributed by atoms with Gasteiger partial charge in [-0.3, -0.25) is 9.59 Å². The van der Waals surface area contributed by atoms with Gasteiger partial charge < -0.3 is 15.7 Å². The highest BCUT2D eigenvalue weighted by atomic mass is 16.3. The van der Waals surface area contributed by atoms with Gasteiger partial charge in [0, 0.05) is 0 Å². The topological polar surface area (TPSA) is 78.4 Å². The monoisotopic (exact) mass is 158 g/mol. The molecule has 3 N–H and O–H groups in total. The molecule has 1 saturated heterocycles. The molecule has 62 valence electrons. The Labute approximate surface area is 63.8 Å². The lowest BCUT2D eigenvalue weighted by molar-refractivity contribution is -0.154. The second-order valence-electron chi connectivity index (χ2n) is 2.76. The van der Waals surface area contributed by atoms with Crippen molar-refractivity contribution >= 4 is 11.8 Å². The SMILES string of the molecule is C[C@H]1NC(=O)[C@@](C)(O)NC1=O. The van der Waals surface area contributed by atoms with Gasteiger partial charge in [-0.1, -0.05) is 0 Å². The normalized spacial score (nSPS) is 37.9. The second kappa shape index (κ2) is 2.20. The summed E-state index contributed by atoms with van der Waals surface area (Å²) in [6.45, 7) is 2.77. The predicted molar refractivity (Wildman–Crippen MR) is 36.4 cm³/mol. The lowest BCUT2D eigenvalue weighted by Gasteiger charge is -2.31. The third-order valence-corrected chi connectivity index (χ3v) is 1.55. The average molecular weight is 158 g/mol. The van der Waals surface area contributed by atoms with Crippen LogP contribution in [-0.2, 0) is 9.59 Å². The number of nitrogens with one attached hydrogen (secondary N) is 2. The van der Waals surface area contributed by atoms with Crippen molar-refractivity contribution in [1.29, 1.82) is 0 Å². The molecule has 1 rings (SSSR count). The van der Waals surface area contributed by atoms with E-state index in [0.717, 1.165) is 0 Å². The number of hydrogen-bond acceptors (Lipinski definition) is 3. The average Bonchev–Trinajstić information content (AvgIpc) is 1.83. The highest BCUT2D eigenvalue weighted by Gasteiger charge is 2.39. The van der Waals surface area contributed by atoms with Gasteiger partial charge in [-0.25, -0.2) is 0 Å². The Bertz CT molecular complexity index is 212. The molecule has 0 aromatic rings. The molecular weight excluding hydrogens is 148 g/mol. The second-order valence-corrected chi connectivity index (χ2v) is 2.76. The van der Waals surface area contributed by atoms with Crippen LogP contribution in [0.2, 0.25) is 0 Å². The first-order valence-electron chi connectivity index (χ1n) is 3.29. The molecule has 1 fully saturated rings. The molecule has 0 aliphatic carbocycles. The van der Waals surface area contributed by atoms with E-state index in [4.69, 9.17) is 0 Å². The number of amides is 2. The third-order valence-electron chi connectivity index (χ3n) is 1.55. The van der Waals surface area contributed by atoms with Crippen molar-refractivity contribution in [2.24, 2.45) is 0 Å². The molecule has 0 radical (unpaired) electrons. The number of piperazine rings is 1. The zero-order valence-electron chi connectivity index (χ0n) is 6.34. The molecule has 1 aliphatic rings. The van der Waals surface area contributed by atoms with Crippen molar-refractivity contribution < 1.29 is 14.7 Å². The van der Waals surface area contributed by atoms with Crippen LogP contribution in [0.3, 0.4) is 0 Å². The number of carbonyl (C=O) groups is 2. The molecule has 1 aliphatic heterocycles. The summed E-state index contributed by atoms with van der Waals surface area (Å²) in [6.07, 6.45) is 0. The lowest BCUT2D eigenvalue weighted by atomic mass is 10.1. The number of carbonyl (C=O) groups excluding carboxylic acids is 2. The fraction of sp³-hybridized carbons (Fsp3) is 0.667. The quantitative estimate of drug-likeness (QED) is 0.394. The summed E-state index contributed by atoms with van der Waals surface area (Å²) in [7, 11) is 0. The van der Waals surface area contributed by atoms with Crippen LogP contribution in [0.1, 0.15) is 13.8 Å². The summed E-state index contributed by atoms with van der Waals surface area (Å²) in [5, 5.41) is 13.7. The van der Waals surface area contributed by atoms with Crippen LogP contribution >= 0.6 is 0 Å². The Morgan fingerprint density at radius 2 is 2.09 bits per heavy atom. The van der Waals surface area contributed by atoms with E-state index < -0.39 is 17.7 Å². The Morgan fingerprint density at radius 3 is 2.55 bits per heavy atom. The van der Waals surface area contributed by atoms with Gasteiger partial charge in [0.15, 0.2) is 0 Å². The first-order chi connectivity index (χ1) is 4.93. The van der Waals surface area contributed by atoms with Gasteiger partial charge in [0.1, 0.15) is 6.04 Å². The smallest absolute Gasteiger partial charge is 0.273 e. The van der Waals surface area contributed by atoms with Gasteiger partial charge in [0.2, 0.25) is 11.6 Å². The van der Waals surface area contributed by atoms with Gasteiger partial charge in [0.25, 0.3) is 5.91 Å². The van der Waals surface area contributed by atoms with Crippen LogP contribution in [0.5, 0.6) is 0 Å². The first-order valence-corrected chi connectivity index (χ1v) is 3.29. The van der Waals surface area contributed by atoms with Crippen molar-refractivity contribution in [2.75, 3.05) is 0 Å². The van der Waals surface area contributed by atoms with Gasteiger partial charge in [-0.2, -0.15) is 0 Å². The van der Waals surface area contributed by atoms with Gasteiger partial charge >= 0.3 is 0 Å². The van der Waals surface area contributed by atoms with E-state index in [0.29, 0.717) is 0 Å². The van der Waals surface area contributed by atoms with Crippen LogP contribution in [0.15, 0.2) is 0 Å². The minimum Gasteiger partial charge on any atom is -0.363 e. The third kappa shape index (κ3) is 1.32. The van der Waals surface area contributed by atoms with Crippen LogP contribution in [0.25, 0.3) is 0 Å². The summed E-state index contributed by atoms with van der Waals surface area (Å²) in [6, 6.07) is -0.567. The van der Waals surface area contributed by atoms with Gasteiger partial charge in [-0.05, 0) is 13.8 Å². The Kier molecular flexibility index (Phi) is 1.60. The number of aliphatic hydroxyl groups is 1. The minimum absolute atomic E-state index is 0.380. The van der Waals surface area contributed by atoms with E-state index in [1.165, 1.54) is 6.92 Å². The molecule has 0 spiro atoms. The van der Waals surface area contributed by atoms with Gasteiger partial charge in [-0.15, -0.1) is 0 Å². The molecule has 0 saturated carbocycles. The van der Waals surface area contributed by atoms with Crippen molar-refractivity contribution in [3.8, 4) is 0 Å². The maximum Gasteiger partial charge on any atom is 0.273 e. The van der Waals surface area contributed by atoms with Crippen molar-refractivity contribution in [2.45, 2.75) is 25.6 Å². The van der Waals surface area contributed by atoms with Crippen LogP contribution in [0.4, 0.5) is 0 Å². The number of rotatable bonds is 0. The Morgan fingerprint density at radius 1 is 1.55 bits per heavy atom. The fourth-order valence-corrected chi connectivity index (χ4v) is 0.808. The zero-order chi connectivity index (χ0) is 8.65. The zero-order valence-corrected chi connectivity index (χ0v) is 6.34. The van der Waals surface area contributed by atoms with Crippen LogP contribution in [0, 0.1) is 0 Å². The van der Waals surface area contributed by atoms with E-state index in [-0.39, 0.29) is 5.91 Å². The molecule has 0 bridgehead atoms. The molecule has 0 unspecified atom stereocenters. The molecule has 0 aromatic heterocycles. The van der Waals surface area contributed by atoms with Crippen molar-refractivity contribution in [3.05, 3.63) is 0 Å². The maximum absolute atomic E-state index is 10.9. The van der Waals surface area contributed by atoms with Crippen LogP contribution < -0.4 is 10.6 Å². The molecular formula is C6H10N2O3. The highest BCUT2D eigenvalue weighted by Crippen LogP contribution is 2.04. The minimum atomic E-state index is -1.76. The van der Waals surface area contributed by atoms with Gasteiger partial charge in [0.05, 0.1) is 0 Å². The van der Waals surface area contributed by atoms with Crippen LogP contribution in [-0.4, -0.2) is 28.7 Å². The summed E-state index contributed by atoms with van der Waals surface area (Å²) in [4.78, 5) is 21.8. The standard InChI is InChI=1S/C6H10N2O3/c1-3-4(9)8-6(2,11)5(10)7-3/h3,11H,1-2H3,(H,7,10)(H,8,9)/t3-,6-/m1/s1. The summed E-state index contributed by atoms with van der Waals surface area (Å²) >= 11 is 0. The van der Waals surface area contributed by atoms with E-state index in [1.807, 2.05) is 0 Å². The summed E-state index contributed by atoms with van der Waals surface area (Å²) < 4.78 is 0. The predicted octanol–water partition coefficient (Wildman–Crippen LogP) is -1.67. The van der Waals surface area contributed by atoms with E-state index in [1.54, 1.807) is 6.92 Å². The lowest BCUT2D eigenvalue weighted by Crippen LogP contribution is -2.67. The maximum atomic E-state index is 10.9. The summed E-state index contributed by atoms with van der Waals surface area (Å²) in [5.41, 5.74) is -1.76. The number of hydrogen-bond donors (Lipinski definition) is 3. The van der Waals surface area contributed by atoms with Crippen molar-refractivity contribution in [3.63, 3.8) is 0 Å². The highest BCUT2D eigenvalue weighted by molar-refractivity contribution is 5.98. The fourth-order valence-electron chi connectivity index (χ4n) is 0.808. The van der Waals surface area contributed by atoms with E-state index in [2.05, 4.69) is 10.6 Å². The molecule has 5 nitrogen and oxygen atoms in total.